The van der Waals surface area contributed by atoms with Crippen molar-refractivity contribution in [2.24, 2.45) is 0 Å². The van der Waals surface area contributed by atoms with E-state index < -0.39 is 0 Å². The predicted molar refractivity (Wildman–Crippen MR) is 72.3 cm³/mol. The average Bonchev–Trinajstić information content (AvgIpc) is 2.89. The maximum atomic E-state index is 9.85. The lowest BCUT2D eigenvalue weighted by Crippen LogP contribution is -2.26. The molecule has 0 aliphatic carbocycles. The second kappa shape index (κ2) is 6.29. The average molecular weight is 261 g/mol. The second-order valence-electron chi connectivity index (χ2n) is 4.27. The molecule has 2 aromatic rings. The highest BCUT2D eigenvalue weighted by Gasteiger charge is 2.12. The largest absolute Gasteiger partial charge is 0.506 e. The van der Waals surface area contributed by atoms with E-state index in [0.29, 0.717) is 5.69 Å². The van der Waals surface area contributed by atoms with Crippen molar-refractivity contribution in [1.29, 1.82) is 0 Å². The fourth-order valence-corrected chi connectivity index (χ4v) is 1.99. The van der Waals surface area contributed by atoms with Crippen molar-refractivity contribution in [1.82, 2.24) is 25.1 Å². The van der Waals surface area contributed by atoms with Gasteiger partial charge in [-0.2, -0.15) is 4.68 Å². The topological polar surface area (TPSA) is 67.1 Å². The summed E-state index contributed by atoms with van der Waals surface area (Å²) in [5, 5.41) is 21.5. The number of phenols is 1. The minimum Gasteiger partial charge on any atom is -0.506 e. The molecule has 0 bridgehead atoms. The van der Waals surface area contributed by atoms with E-state index in [2.05, 4.69) is 34.3 Å². The van der Waals surface area contributed by atoms with Gasteiger partial charge in [-0.15, -0.1) is 5.10 Å². The molecular formula is C13H19N5O. The summed E-state index contributed by atoms with van der Waals surface area (Å²) in [7, 11) is 0. The Bertz CT molecular complexity index is 521. The van der Waals surface area contributed by atoms with Gasteiger partial charge in [0, 0.05) is 13.0 Å². The van der Waals surface area contributed by atoms with Crippen LogP contribution in [0.3, 0.4) is 0 Å². The van der Waals surface area contributed by atoms with Gasteiger partial charge in [0.2, 0.25) is 0 Å². The van der Waals surface area contributed by atoms with Gasteiger partial charge in [-0.1, -0.05) is 26.0 Å². The van der Waals surface area contributed by atoms with Crippen LogP contribution in [0.1, 0.15) is 19.7 Å². The maximum absolute atomic E-state index is 9.85. The van der Waals surface area contributed by atoms with Crippen molar-refractivity contribution in [3.63, 3.8) is 0 Å². The fraction of sp³-hybridized carbons (Fsp3) is 0.462. The Morgan fingerprint density at radius 3 is 2.63 bits per heavy atom. The van der Waals surface area contributed by atoms with Crippen molar-refractivity contribution < 1.29 is 5.11 Å². The third-order valence-electron chi connectivity index (χ3n) is 3.19. The van der Waals surface area contributed by atoms with E-state index in [-0.39, 0.29) is 5.75 Å². The van der Waals surface area contributed by atoms with Crippen molar-refractivity contribution in [3.8, 4) is 11.4 Å². The second-order valence-corrected chi connectivity index (χ2v) is 4.27. The minimum absolute atomic E-state index is 0.180. The van der Waals surface area contributed by atoms with Gasteiger partial charge in [0.15, 0.2) is 5.82 Å². The monoisotopic (exact) mass is 261 g/mol. The Kier molecular flexibility index (Phi) is 4.46. The Balaban J connectivity index is 2.16. The summed E-state index contributed by atoms with van der Waals surface area (Å²) in [5.41, 5.74) is 0.613. The number of hydrogen-bond acceptors (Lipinski definition) is 5. The van der Waals surface area contributed by atoms with Gasteiger partial charge in [0.25, 0.3) is 0 Å². The lowest BCUT2D eigenvalue weighted by molar-refractivity contribution is 0.305. The van der Waals surface area contributed by atoms with Crippen molar-refractivity contribution in [2.75, 3.05) is 19.6 Å². The van der Waals surface area contributed by atoms with Crippen LogP contribution in [-0.2, 0) is 6.42 Å². The molecule has 1 aromatic heterocycles. The molecule has 0 fully saturated rings. The van der Waals surface area contributed by atoms with Crippen LogP contribution in [0.5, 0.6) is 5.75 Å². The van der Waals surface area contributed by atoms with Crippen molar-refractivity contribution in [3.05, 3.63) is 30.1 Å². The highest BCUT2D eigenvalue weighted by molar-refractivity contribution is 5.44. The molecular weight excluding hydrogens is 242 g/mol. The molecule has 0 amide bonds. The normalized spacial score (nSPS) is 11.1. The van der Waals surface area contributed by atoms with Gasteiger partial charge >= 0.3 is 0 Å². The summed E-state index contributed by atoms with van der Waals surface area (Å²) in [6.45, 7) is 7.19. The summed E-state index contributed by atoms with van der Waals surface area (Å²) in [4.78, 5) is 2.31. The summed E-state index contributed by atoms with van der Waals surface area (Å²) >= 11 is 0. The van der Waals surface area contributed by atoms with E-state index in [4.69, 9.17) is 0 Å². The van der Waals surface area contributed by atoms with E-state index in [0.717, 1.165) is 31.9 Å². The molecule has 6 heteroatoms. The molecule has 0 unspecified atom stereocenters. The summed E-state index contributed by atoms with van der Waals surface area (Å²) in [6.07, 6.45) is 0.753. The standard InChI is InChI=1S/C13H19N5O/c1-3-17(4-2)10-9-13-14-15-16-18(13)11-7-5-6-8-12(11)19/h5-8,19H,3-4,9-10H2,1-2H3. The first kappa shape index (κ1) is 13.5. The van der Waals surface area contributed by atoms with E-state index in [1.54, 1.807) is 22.9 Å². The van der Waals surface area contributed by atoms with E-state index >= 15 is 0 Å². The molecule has 0 aliphatic rings. The Hall–Kier alpha value is -1.95. The van der Waals surface area contributed by atoms with Crippen LogP contribution in [0.25, 0.3) is 5.69 Å². The quantitative estimate of drug-likeness (QED) is 0.847. The molecule has 0 aliphatic heterocycles. The van der Waals surface area contributed by atoms with Gasteiger partial charge in [-0.05, 0) is 35.6 Å². The first-order chi connectivity index (χ1) is 9.26. The number of para-hydroxylation sites is 2. The number of phenolic OH excluding ortho intramolecular Hbond substituents is 1. The number of likely N-dealkylation sites (N-methyl/N-ethyl adjacent to an activating group) is 1. The maximum Gasteiger partial charge on any atom is 0.158 e. The number of benzene rings is 1. The molecule has 0 spiro atoms. The molecule has 1 N–H and O–H groups in total. The van der Waals surface area contributed by atoms with Gasteiger partial charge < -0.3 is 10.0 Å². The lowest BCUT2D eigenvalue weighted by atomic mass is 10.3. The third kappa shape index (κ3) is 3.08. The molecule has 0 saturated heterocycles. The van der Waals surface area contributed by atoms with Crippen LogP contribution in [-0.4, -0.2) is 49.8 Å². The zero-order chi connectivity index (χ0) is 13.7. The number of tetrazole rings is 1. The molecule has 1 aromatic carbocycles. The number of rotatable bonds is 6. The lowest BCUT2D eigenvalue weighted by Gasteiger charge is -2.17. The summed E-state index contributed by atoms with van der Waals surface area (Å²) < 4.78 is 1.60. The predicted octanol–water partition coefficient (Wildman–Crippen LogP) is 1.25. The Morgan fingerprint density at radius 2 is 1.95 bits per heavy atom. The Morgan fingerprint density at radius 1 is 1.21 bits per heavy atom. The molecule has 2 rings (SSSR count). The van der Waals surface area contributed by atoms with Crippen molar-refractivity contribution in [2.45, 2.75) is 20.3 Å². The van der Waals surface area contributed by atoms with Crippen LogP contribution in [0, 0.1) is 0 Å². The molecule has 102 valence electrons. The molecule has 0 saturated carbocycles. The number of aromatic nitrogens is 4. The van der Waals surface area contributed by atoms with Crippen LogP contribution in [0.15, 0.2) is 24.3 Å². The first-order valence-electron chi connectivity index (χ1n) is 6.54. The third-order valence-corrected chi connectivity index (χ3v) is 3.19. The molecule has 6 nitrogen and oxygen atoms in total. The Labute approximate surface area is 112 Å². The van der Waals surface area contributed by atoms with Crippen molar-refractivity contribution >= 4 is 0 Å². The highest BCUT2D eigenvalue weighted by atomic mass is 16.3. The van der Waals surface area contributed by atoms with Gasteiger partial charge in [-0.25, -0.2) is 0 Å². The minimum atomic E-state index is 0.180. The first-order valence-corrected chi connectivity index (χ1v) is 6.54. The van der Waals surface area contributed by atoms with E-state index in [1.807, 2.05) is 6.07 Å². The van der Waals surface area contributed by atoms with Crippen LogP contribution < -0.4 is 0 Å². The van der Waals surface area contributed by atoms with Gasteiger partial charge in [0.1, 0.15) is 11.4 Å². The number of aromatic hydroxyl groups is 1. The van der Waals surface area contributed by atoms with Gasteiger partial charge in [0.05, 0.1) is 0 Å². The zero-order valence-electron chi connectivity index (χ0n) is 11.3. The smallest absolute Gasteiger partial charge is 0.158 e. The SMILES string of the molecule is CCN(CC)CCc1nnnn1-c1ccccc1O. The van der Waals surface area contributed by atoms with Gasteiger partial charge in [-0.3, -0.25) is 0 Å². The highest BCUT2D eigenvalue weighted by Crippen LogP contribution is 2.20. The number of nitrogens with zero attached hydrogens (tertiary/aromatic N) is 5. The molecule has 1 heterocycles. The van der Waals surface area contributed by atoms with Crippen LogP contribution >= 0.6 is 0 Å². The van der Waals surface area contributed by atoms with Crippen LogP contribution in [0.2, 0.25) is 0 Å². The molecule has 19 heavy (non-hydrogen) atoms. The van der Waals surface area contributed by atoms with E-state index in [9.17, 15) is 5.11 Å². The fourth-order valence-electron chi connectivity index (χ4n) is 1.99. The van der Waals surface area contributed by atoms with Crippen LogP contribution in [0.4, 0.5) is 0 Å². The number of hydrogen-bond donors (Lipinski definition) is 1. The summed E-state index contributed by atoms with van der Waals surface area (Å²) in [6, 6.07) is 7.06. The summed E-state index contributed by atoms with van der Waals surface area (Å²) in [5.74, 6) is 0.937. The molecule has 0 atom stereocenters. The zero-order valence-corrected chi connectivity index (χ0v) is 11.3. The molecule has 0 radical (unpaired) electrons. The van der Waals surface area contributed by atoms with E-state index in [1.165, 1.54) is 0 Å².